The van der Waals surface area contributed by atoms with Crippen LogP contribution < -0.4 is 10.6 Å². The van der Waals surface area contributed by atoms with Crippen LogP contribution in [0.4, 0.5) is 16.0 Å². The van der Waals surface area contributed by atoms with Gasteiger partial charge in [0.2, 0.25) is 5.91 Å². The molecule has 0 saturated carbocycles. The highest BCUT2D eigenvalue weighted by molar-refractivity contribution is 5.91. The van der Waals surface area contributed by atoms with Crippen molar-refractivity contribution in [3.63, 3.8) is 0 Å². The molecule has 6 heteroatoms. The molecule has 3 rings (SSSR count). The number of rotatable bonds is 7. The van der Waals surface area contributed by atoms with Gasteiger partial charge < -0.3 is 10.6 Å². The first-order valence-electron chi connectivity index (χ1n) is 8.76. The lowest BCUT2D eigenvalue weighted by Gasteiger charge is -2.08. The number of benzene rings is 2. The van der Waals surface area contributed by atoms with Crippen LogP contribution in [0.25, 0.3) is 0 Å². The Labute approximate surface area is 157 Å². The van der Waals surface area contributed by atoms with Gasteiger partial charge in [-0.05, 0) is 42.7 Å². The fourth-order valence-electron chi connectivity index (χ4n) is 2.71. The minimum atomic E-state index is -0.211. The van der Waals surface area contributed by atoms with E-state index in [0.29, 0.717) is 30.2 Å². The van der Waals surface area contributed by atoms with Gasteiger partial charge in [0.15, 0.2) is 5.82 Å². The molecular weight excluding hydrogens is 343 g/mol. The first-order chi connectivity index (χ1) is 13.1. The summed E-state index contributed by atoms with van der Waals surface area (Å²) in [7, 11) is 0. The molecule has 1 amide bonds. The Morgan fingerprint density at radius 2 is 1.78 bits per heavy atom. The molecule has 138 valence electrons. The Morgan fingerprint density at radius 1 is 1.00 bits per heavy atom. The molecule has 0 atom stereocenters. The predicted octanol–water partition coefficient (Wildman–Crippen LogP) is 3.76. The molecule has 5 nitrogen and oxygen atoms in total. The van der Waals surface area contributed by atoms with Crippen molar-refractivity contribution in [3.05, 3.63) is 83.2 Å². The van der Waals surface area contributed by atoms with Crippen molar-refractivity contribution < 1.29 is 9.18 Å². The van der Waals surface area contributed by atoms with Crippen LogP contribution >= 0.6 is 0 Å². The molecule has 0 unspecified atom stereocenters. The van der Waals surface area contributed by atoms with E-state index in [4.69, 9.17) is 0 Å². The molecule has 0 aliphatic rings. The molecule has 0 aliphatic carbocycles. The van der Waals surface area contributed by atoms with Gasteiger partial charge in [-0.1, -0.05) is 48.0 Å². The Morgan fingerprint density at radius 3 is 2.52 bits per heavy atom. The molecule has 27 heavy (non-hydrogen) atoms. The van der Waals surface area contributed by atoms with Crippen LogP contribution in [0.5, 0.6) is 0 Å². The van der Waals surface area contributed by atoms with Gasteiger partial charge in [0.25, 0.3) is 0 Å². The second-order valence-corrected chi connectivity index (χ2v) is 6.29. The number of amides is 1. The number of aryl methyl sites for hydroxylation is 1. The van der Waals surface area contributed by atoms with Gasteiger partial charge in [-0.25, -0.2) is 4.39 Å². The van der Waals surface area contributed by atoms with Gasteiger partial charge in [0.1, 0.15) is 11.6 Å². The largest absolute Gasteiger partial charge is 0.368 e. The highest BCUT2D eigenvalue weighted by atomic mass is 19.1. The molecule has 0 radical (unpaired) electrons. The van der Waals surface area contributed by atoms with E-state index in [2.05, 4.69) is 20.8 Å². The average Bonchev–Trinajstić information content (AvgIpc) is 2.65. The number of carbonyl (C=O) groups excluding carboxylic acids is 1. The van der Waals surface area contributed by atoms with Gasteiger partial charge in [-0.15, -0.1) is 10.2 Å². The first kappa shape index (κ1) is 18.5. The SMILES string of the molecule is Cc1cccc(CC(=O)Nc2ccc(NCCc3ccccc3F)nn2)c1. The minimum Gasteiger partial charge on any atom is -0.368 e. The summed E-state index contributed by atoms with van der Waals surface area (Å²) < 4.78 is 13.6. The van der Waals surface area contributed by atoms with Crippen molar-refractivity contribution >= 4 is 17.5 Å². The topological polar surface area (TPSA) is 66.9 Å². The van der Waals surface area contributed by atoms with Crippen molar-refractivity contribution in [1.82, 2.24) is 10.2 Å². The molecule has 3 aromatic rings. The van der Waals surface area contributed by atoms with Crippen LogP contribution in [0, 0.1) is 12.7 Å². The van der Waals surface area contributed by atoms with Crippen molar-refractivity contribution in [2.45, 2.75) is 19.8 Å². The van der Waals surface area contributed by atoms with E-state index in [9.17, 15) is 9.18 Å². The highest BCUT2D eigenvalue weighted by Crippen LogP contribution is 2.10. The summed E-state index contributed by atoms with van der Waals surface area (Å²) in [4.78, 5) is 12.1. The molecule has 0 saturated heterocycles. The van der Waals surface area contributed by atoms with E-state index in [0.717, 1.165) is 11.1 Å². The van der Waals surface area contributed by atoms with E-state index in [1.807, 2.05) is 37.3 Å². The van der Waals surface area contributed by atoms with E-state index >= 15 is 0 Å². The number of carbonyl (C=O) groups is 1. The summed E-state index contributed by atoms with van der Waals surface area (Å²) in [6, 6.07) is 17.9. The predicted molar refractivity (Wildman–Crippen MR) is 104 cm³/mol. The Balaban J connectivity index is 1.48. The average molecular weight is 364 g/mol. The number of hydrogen-bond acceptors (Lipinski definition) is 4. The van der Waals surface area contributed by atoms with Gasteiger partial charge in [0.05, 0.1) is 6.42 Å². The summed E-state index contributed by atoms with van der Waals surface area (Å²) in [6.07, 6.45) is 0.829. The lowest BCUT2D eigenvalue weighted by molar-refractivity contribution is -0.115. The zero-order chi connectivity index (χ0) is 19.1. The van der Waals surface area contributed by atoms with Crippen molar-refractivity contribution in [3.8, 4) is 0 Å². The quantitative estimate of drug-likeness (QED) is 0.670. The summed E-state index contributed by atoms with van der Waals surface area (Å²) in [5.74, 6) is 0.613. The second-order valence-electron chi connectivity index (χ2n) is 6.29. The van der Waals surface area contributed by atoms with Crippen molar-refractivity contribution in [2.75, 3.05) is 17.2 Å². The number of halogens is 1. The number of anilines is 2. The minimum absolute atomic E-state index is 0.143. The highest BCUT2D eigenvalue weighted by Gasteiger charge is 2.06. The van der Waals surface area contributed by atoms with Crippen LogP contribution in [0.15, 0.2) is 60.7 Å². The summed E-state index contributed by atoms with van der Waals surface area (Å²) in [5.41, 5.74) is 2.72. The van der Waals surface area contributed by atoms with Gasteiger partial charge >= 0.3 is 0 Å². The summed E-state index contributed by atoms with van der Waals surface area (Å²) in [5, 5.41) is 13.9. The molecule has 1 heterocycles. The third-order valence-corrected chi connectivity index (χ3v) is 4.04. The molecule has 0 spiro atoms. The van der Waals surface area contributed by atoms with Crippen LogP contribution in [0.2, 0.25) is 0 Å². The number of aromatic nitrogens is 2. The monoisotopic (exact) mass is 364 g/mol. The van der Waals surface area contributed by atoms with Crippen LogP contribution in [0.3, 0.4) is 0 Å². The van der Waals surface area contributed by atoms with Crippen LogP contribution in [-0.4, -0.2) is 22.6 Å². The Bertz CT molecular complexity index is 912. The third kappa shape index (κ3) is 5.60. The van der Waals surface area contributed by atoms with E-state index in [1.54, 1.807) is 24.3 Å². The Hall–Kier alpha value is -3.28. The van der Waals surface area contributed by atoms with Crippen molar-refractivity contribution in [2.24, 2.45) is 0 Å². The molecule has 2 aromatic carbocycles. The zero-order valence-corrected chi connectivity index (χ0v) is 15.1. The molecule has 0 fully saturated rings. The summed E-state index contributed by atoms with van der Waals surface area (Å²) in [6.45, 7) is 2.53. The number of nitrogens with one attached hydrogen (secondary N) is 2. The van der Waals surface area contributed by atoms with Gasteiger partial charge in [-0.2, -0.15) is 0 Å². The zero-order valence-electron chi connectivity index (χ0n) is 15.1. The fourth-order valence-corrected chi connectivity index (χ4v) is 2.71. The summed E-state index contributed by atoms with van der Waals surface area (Å²) >= 11 is 0. The van der Waals surface area contributed by atoms with Gasteiger partial charge in [-0.3, -0.25) is 4.79 Å². The Kier molecular flexibility index (Phi) is 6.10. The van der Waals surface area contributed by atoms with E-state index in [-0.39, 0.29) is 18.1 Å². The van der Waals surface area contributed by atoms with E-state index < -0.39 is 0 Å². The lowest BCUT2D eigenvalue weighted by atomic mass is 10.1. The molecular formula is C21H21FN4O. The van der Waals surface area contributed by atoms with Crippen LogP contribution in [0.1, 0.15) is 16.7 Å². The number of nitrogens with zero attached hydrogens (tertiary/aromatic N) is 2. The first-order valence-corrected chi connectivity index (χ1v) is 8.76. The fraction of sp³-hybridized carbons (Fsp3) is 0.190. The molecule has 2 N–H and O–H groups in total. The van der Waals surface area contributed by atoms with Gasteiger partial charge in [0, 0.05) is 6.54 Å². The smallest absolute Gasteiger partial charge is 0.229 e. The maximum Gasteiger partial charge on any atom is 0.229 e. The van der Waals surface area contributed by atoms with Crippen LogP contribution in [-0.2, 0) is 17.6 Å². The normalized spacial score (nSPS) is 10.4. The maximum absolute atomic E-state index is 13.6. The van der Waals surface area contributed by atoms with E-state index in [1.165, 1.54) is 6.07 Å². The molecule has 0 bridgehead atoms. The maximum atomic E-state index is 13.6. The second kappa shape index (κ2) is 8.89. The van der Waals surface area contributed by atoms with Crippen molar-refractivity contribution in [1.29, 1.82) is 0 Å². The molecule has 0 aliphatic heterocycles. The molecule has 1 aromatic heterocycles. The number of hydrogen-bond donors (Lipinski definition) is 2. The third-order valence-electron chi connectivity index (χ3n) is 4.04. The standard InChI is InChI=1S/C21H21FN4O/c1-15-5-4-6-16(13-15)14-21(27)24-20-10-9-19(25-26-20)23-12-11-17-7-2-3-8-18(17)22/h2-10,13H,11-12,14H2,1H3,(H,23,25)(H,24,26,27). The lowest BCUT2D eigenvalue weighted by Crippen LogP contribution is -2.16.